The Balaban J connectivity index is 1.52. The molecular weight excluding hydrogens is 547 g/mol. The molecule has 4 atom stereocenters. The second kappa shape index (κ2) is 10.4. The van der Waals surface area contributed by atoms with Crippen LogP contribution in [0, 0.1) is 5.82 Å². The van der Waals surface area contributed by atoms with Gasteiger partial charge in [0, 0.05) is 52.5 Å². The molecule has 11 nitrogen and oxygen atoms in total. The molecule has 2 fully saturated rings. The van der Waals surface area contributed by atoms with Crippen LogP contribution < -0.4 is 15.2 Å². The van der Waals surface area contributed by atoms with Gasteiger partial charge in [0.25, 0.3) is 10.2 Å². The van der Waals surface area contributed by atoms with Crippen LogP contribution in [0.5, 0.6) is 0 Å². The van der Waals surface area contributed by atoms with E-state index >= 15 is 0 Å². The number of fused-ring (bicyclic) bond motifs is 2. The Hall–Kier alpha value is -2.46. The van der Waals surface area contributed by atoms with E-state index in [1.807, 2.05) is 0 Å². The predicted octanol–water partition coefficient (Wildman–Crippen LogP) is 1.39. The molecule has 1 unspecified atom stereocenters. The van der Waals surface area contributed by atoms with Crippen molar-refractivity contribution in [1.29, 1.82) is 0 Å². The fourth-order valence-electron chi connectivity index (χ4n) is 5.13. The van der Waals surface area contributed by atoms with Crippen molar-refractivity contribution in [3.05, 3.63) is 62.5 Å². The van der Waals surface area contributed by atoms with Gasteiger partial charge in [-0.05, 0) is 25.0 Å². The van der Waals surface area contributed by atoms with Gasteiger partial charge in [-0.15, -0.1) is 11.3 Å². The molecule has 1 aromatic heterocycles. The summed E-state index contributed by atoms with van der Waals surface area (Å²) in [6.07, 6.45) is 2.51. The summed E-state index contributed by atoms with van der Waals surface area (Å²) in [5, 5.41) is 21.0. The zero-order valence-electron chi connectivity index (χ0n) is 19.3. The number of carboxylic acid groups (broad SMARTS) is 1. The van der Waals surface area contributed by atoms with Crippen LogP contribution in [0.25, 0.3) is 0 Å². The van der Waals surface area contributed by atoms with E-state index < -0.39 is 28.0 Å². The number of rotatable bonds is 7. The Morgan fingerprint density at radius 3 is 2.68 bits per heavy atom. The highest BCUT2D eigenvalue weighted by molar-refractivity contribution is 7.87. The van der Waals surface area contributed by atoms with Gasteiger partial charge in [-0.2, -0.15) is 13.1 Å². The molecule has 1 aromatic carbocycles. The van der Waals surface area contributed by atoms with E-state index in [4.69, 9.17) is 21.5 Å². The number of thiazole rings is 1. The summed E-state index contributed by atoms with van der Waals surface area (Å²) in [6, 6.07) is 2.07. The van der Waals surface area contributed by atoms with Crippen LogP contribution >= 0.6 is 22.9 Å². The van der Waals surface area contributed by atoms with Gasteiger partial charge in [0.1, 0.15) is 11.9 Å². The molecular formula is C22H24ClFN6O5S2. The molecule has 0 spiro atoms. The summed E-state index contributed by atoms with van der Waals surface area (Å²) in [6.45, 7) is 0.924. The minimum Gasteiger partial charge on any atom is -0.478 e. The zero-order valence-corrected chi connectivity index (χ0v) is 21.7. The summed E-state index contributed by atoms with van der Waals surface area (Å²) < 4.78 is 45.2. The summed E-state index contributed by atoms with van der Waals surface area (Å²) in [7, 11) is -3.87. The number of nitrogens with two attached hydrogens (primary N) is 1. The fourth-order valence-corrected chi connectivity index (χ4v) is 6.64. The first-order valence-electron chi connectivity index (χ1n) is 11.4. The monoisotopic (exact) mass is 570 g/mol. The minimum absolute atomic E-state index is 0.0161. The molecule has 15 heteroatoms. The van der Waals surface area contributed by atoms with Crippen LogP contribution in [0.4, 0.5) is 4.39 Å². The summed E-state index contributed by atoms with van der Waals surface area (Å²) in [5.41, 5.74) is 0.735. The molecule has 0 saturated carbocycles. The molecule has 5 rings (SSSR count). The van der Waals surface area contributed by atoms with E-state index in [0.717, 1.165) is 6.07 Å². The number of carbonyl (C=O) groups is 1. The molecule has 37 heavy (non-hydrogen) atoms. The third kappa shape index (κ3) is 5.70. The van der Waals surface area contributed by atoms with Gasteiger partial charge in [-0.3, -0.25) is 9.89 Å². The van der Waals surface area contributed by atoms with Crippen molar-refractivity contribution in [2.24, 2.45) is 10.1 Å². The highest BCUT2D eigenvalue weighted by atomic mass is 35.5. The van der Waals surface area contributed by atoms with Gasteiger partial charge in [0.05, 0.1) is 18.8 Å². The van der Waals surface area contributed by atoms with Crippen molar-refractivity contribution in [3.8, 4) is 0 Å². The fraction of sp³-hybridized carbons (Fsp3) is 0.409. The third-order valence-corrected chi connectivity index (χ3v) is 8.36. The second-order valence-electron chi connectivity index (χ2n) is 9.05. The van der Waals surface area contributed by atoms with Crippen molar-refractivity contribution in [2.75, 3.05) is 19.8 Å². The lowest BCUT2D eigenvalue weighted by atomic mass is 9.89. The maximum atomic E-state index is 13.8. The Morgan fingerprint density at radius 1 is 1.35 bits per heavy atom. The largest absolute Gasteiger partial charge is 0.478 e. The van der Waals surface area contributed by atoms with Crippen LogP contribution in [0.2, 0.25) is 5.02 Å². The number of hydrogen-bond donors (Lipinski definition) is 4. The summed E-state index contributed by atoms with van der Waals surface area (Å²) in [4.78, 5) is 23.6. The van der Waals surface area contributed by atoms with E-state index in [-0.39, 0.29) is 35.3 Å². The van der Waals surface area contributed by atoms with Crippen LogP contribution in [0.15, 0.2) is 46.0 Å². The van der Waals surface area contributed by atoms with Crippen molar-refractivity contribution in [1.82, 2.24) is 19.9 Å². The second-order valence-corrected chi connectivity index (χ2v) is 11.7. The maximum Gasteiger partial charge on any atom is 0.335 e. The Morgan fingerprint density at radius 2 is 2.08 bits per heavy atom. The lowest BCUT2D eigenvalue weighted by molar-refractivity contribution is -0.133. The normalized spacial score (nSPS) is 26.5. The van der Waals surface area contributed by atoms with Crippen molar-refractivity contribution < 1.29 is 27.4 Å². The minimum atomic E-state index is -3.87. The molecule has 2 aromatic rings. The van der Waals surface area contributed by atoms with Gasteiger partial charge in [0.15, 0.2) is 10.8 Å². The highest BCUT2D eigenvalue weighted by Crippen LogP contribution is 2.37. The van der Waals surface area contributed by atoms with E-state index in [0.29, 0.717) is 48.2 Å². The van der Waals surface area contributed by atoms with Crippen LogP contribution in [0.1, 0.15) is 29.5 Å². The van der Waals surface area contributed by atoms with Gasteiger partial charge in [-0.25, -0.2) is 19.3 Å². The van der Waals surface area contributed by atoms with Crippen LogP contribution in [-0.4, -0.2) is 73.1 Å². The summed E-state index contributed by atoms with van der Waals surface area (Å²) in [5.74, 6) is -1.36. The number of aliphatic imine (C=N–C) groups is 1. The molecule has 5 N–H and O–H groups in total. The van der Waals surface area contributed by atoms with Gasteiger partial charge in [0.2, 0.25) is 0 Å². The van der Waals surface area contributed by atoms with Crippen molar-refractivity contribution >= 4 is 45.0 Å². The number of aromatic nitrogens is 1. The van der Waals surface area contributed by atoms with E-state index in [1.165, 1.54) is 23.5 Å². The number of halogens is 2. The lowest BCUT2D eigenvalue weighted by Crippen LogP contribution is -2.62. The Bertz CT molecular complexity index is 1360. The van der Waals surface area contributed by atoms with Gasteiger partial charge >= 0.3 is 5.97 Å². The average Bonchev–Trinajstić information content (AvgIpc) is 3.33. The maximum absolute atomic E-state index is 13.8. The highest BCUT2D eigenvalue weighted by Gasteiger charge is 2.42. The number of morpholine rings is 1. The zero-order chi connectivity index (χ0) is 26.3. The number of hydrogen-bond acceptors (Lipinski definition) is 9. The number of ether oxygens (including phenoxy) is 1. The molecule has 4 heterocycles. The molecule has 0 aliphatic carbocycles. The SMILES string of the molecule is NS(=O)(=O)NC1C[C@H]2COC[C@@H](C1)N2CC1=C(C(=O)O)[C@H](c2ccc(F)cc2Cl)N=C(c2nccs2)N1. The predicted molar refractivity (Wildman–Crippen MR) is 135 cm³/mol. The number of benzene rings is 1. The van der Waals surface area contributed by atoms with E-state index in [9.17, 15) is 22.7 Å². The number of amidine groups is 1. The number of nitrogens with zero attached hydrogens (tertiary/aromatic N) is 3. The van der Waals surface area contributed by atoms with Gasteiger partial charge in [-0.1, -0.05) is 17.7 Å². The number of aliphatic carboxylic acids is 1. The quantitative estimate of drug-likeness (QED) is 0.388. The van der Waals surface area contributed by atoms with Crippen LogP contribution in [-0.2, 0) is 19.7 Å². The van der Waals surface area contributed by atoms with E-state index in [1.54, 1.807) is 11.6 Å². The number of carboxylic acids is 1. The van der Waals surface area contributed by atoms with Crippen molar-refractivity contribution in [2.45, 2.75) is 37.0 Å². The third-order valence-electron chi connectivity index (χ3n) is 6.59. The lowest BCUT2D eigenvalue weighted by Gasteiger charge is -2.49. The molecule has 2 saturated heterocycles. The molecule has 0 radical (unpaired) electrons. The Labute approximate surface area is 221 Å². The molecule has 198 valence electrons. The van der Waals surface area contributed by atoms with Crippen molar-refractivity contribution in [3.63, 3.8) is 0 Å². The summed E-state index contributed by atoms with van der Waals surface area (Å²) >= 11 is 7.68. The first-order valence-corrected chi connectivity index (χ1v) is 14.2. The topological polar surface area (TPSA) is 159 Å². The first-order chi connectivity index (χ1) is 17.6. The molecule has 0 amide bonds. The molecule has 3 aliphatic rings. The van der Waals surface area contributed by atoms with Crippen LogP contribution in [0.3, 0.4) is 0 Å². The molecule has 2 bridgehead atoms. The average molecular weight is 571 g/mol. The standard InChI is InChI=1S/C22H24ClFN6O5S2/c23-16-5-11(24)1-2-15(16)19-18(22(31)32)17(27-20(28-19)21-26-3-4-36-21)8-30-13-6-12(29-37(25,33)34)7-14(30)10-35-9-13/h1-5,12-14,19,29H,6-10H2,(H,27,28)(H,31,32)(H2,25,33,34)/t12?,13-,14+,19-/m0/s1. The number of nitrogens with one attached hydrogen (secondary N) is 2. The smallest absolute Gasteiger partial charge is 0.335 e. The van der Waals surface area contributed by atoms with E-state index in [2.05, 4.69) is 24.9 Å². The van der Waals surface area contributed by atoms with Gasteiger partial charge < -0.3 is 15.2 Å². The number of piperidine rings is 1. The first kappa shape index (κ1) is 26.2. The Kier molecular flexibility index (Phi) is 7.33. The molecule has 3 aliphatic heterocycles.